The Morgan fingerprint density at radius 2 is 2.12 bits per heavy atom. The summed E-state index contributed by atoms with van der Waals surface area (Å²) >= 11 is 0. The standard InChI is InChI=1S/C17H16N4O4/c1-10(22)14-6-11(18-2)4-5-13(14)16(23)21-15(17(24)25-3)7-12-8-19-9-20-12/h2,4-6,8-9,15H,7H2,1,3H3,(H-,19,20,21,23)/p+1/t15-/m1/s1. The largest absolute Gasteiger partial charge is 0.467 e. The lowest BCUT2D eigenvalue weighted by molar-refractivity contribution is -0.142. The summed E-state index contributed by atoms with van der Waals surface area (Å²) < 4.78 is 4.73. The molecule has 0 aliphatic carbocycles. The number of amides is 1. The number of carbonyl (C=O) groups is 3. The highest BCUT2D eigenvalue weighted by Gasteiger charge is 2.25. The van der Waals surface area contributed by atoms with Crippen molar-refractivity contribution >= 4 is 23.3 Å². The molecule has 8 heteroatoms. The summed E-state index contributed by atoms with van der Waals surface area (Å²) in [7, 11) is 1.23. The molecule has 0 saturated heterocycles. The number of carbonyl (C=O) groups excluding carboxylic acids is 3. The molecule has 8 nitrogen and oxygen atoms in total. The van der Waals surface area contributed by atoms with Crippen LogP contribution < -0.4 is 5.32 Å². The SMILES string of the molecule is C#[N+]c1ccc(C(=O)N[C@H](Cc2cnc[nH]2)C(=O)OC)c(C(C)=O)c1. The lowest BCUT2D eigenvalue weighted by Crippen LogP contribution is -2.43. The van der Waals surface area contributed by atoms with Gasteiger partial charge in [0.15, 0.2) is 5.78 Å². The third-order valence-corrected chi connectivity index (χ3v) is 3.55. The first-order valence-corrected chi connectivity index (χ1v) is 7.38. The second-order valence-electron chi connectivity index (χ2n) is 5.25. The van der Waals surface area contributed by atoms with Gasteiger partial charge in [0.2, 0.25) is 0 Å². The highest BCUT2D eigenvalue weighted by Crippen LogP contribution is 2.19. The molecule has 128 valence electrons. The number of benzene rings is 1. The maximum absolute atomic E-state index is 12.6. The fourth-order valence-corrected chi connectivity index (χ4v) is 2.29. The van der Waals surface area contributed by atoms with E-state index in [4.69, 9.17) is 11.3 Å². The molecule has 2 aromatic rings. The molecule has 0 spiro atoms. The van der Waals surface area contributed by atoms with Crippen molar-refractivity contribution in [3.05, 3.63) is 52.4 Å². The van der Waals surface area contributed by atoms with E-state index >= 15 is 0 Å². The van der Waals surface area contributed by atoms with Gasteiger partial charge in [-0.25, -0.2) is 9.78 Å². The number of H-pyrrole nitrogens is 1. The Bertz CT molecular complexity index is 837. The molecule has 0 radical (unpaired) electrons. The molecular formula is C17H17N4O4+. The number of rotatable bonds is 6. The van der Waals surface area contributed by atoms with Gasteiger partial charge in [-0.15, -0.1) is 0 Å². The van der Waals surface area contributed by atoms with Gasteiger partial charge in [0.05, 0.1) is 19.0 Å². The van der Waals surface area contributed by atoms with Crippen molar-refractivity contribution in [1.29, 1.82) is 0 Å². The topological polar surface area (TPSA) is 106 Å². The molecule has 2 N–H and O–H groups in total. The predicted molar refractivity (Wildman–Crippen MR) is 90.0 cm³/mol. The highest BCUT2D eigenvalue weighted by atomic mass is 16.5. The highest BCUT2D eigenvalue weighted by molar-refractivity contribution is 6.08. The lowest BCUT2D eigenvalue weighted by atomic mass is 10.0. The second-order valence-corrected chi connectivity index (χ2v) is 5.25. The summed E-state index contributed by atoms with van der Waals surface area (Å²) in [4.78, 5) is 46.5. The summed E-state index contributed by atoms with van der Waals surface area (Å²) in [6.45, 7) is 6.53. The van der Waals surface area contributed by atoms with Gasteiger partial charge < -0.3 is 15.0 Å². The second kappa shape index (κ2) is 7.88. The third kappa shape index (κ3) is 4.29. The Morgan fingerprint density at radius 1 is 1.36 bits per heavy atom. The first-order valence-electron chi connectivity index (χ1n) is 7.38. The van der Waals surface area contributed by atoms with Crippen molar-refractivity contribution < 1.29 is 19.1 Å². The fourth-order valence-electron chi connectivity index (χ4n) is 2.29. The summed E-state index contributed by atoms with van der Waals surface area (Å²) in [5, 5.41) is 2.58. The monoisotopic (exact) mass is 341 g/mol. The number of aromatic amines is 1. The van der Waals surface area contributed by atoms with Gasteiger partial charge in [-0.3, -0.25) is 9.59 Å². The summed E-state index contributed by atoms with van der Waals surface area (Å²) in [5.74, 6) is -1.51. The van der Waals surface area contributed by atoms with Crippen LogP contribution in [0.4, 0.5) is 5.69 Å². The first-order chi connectivity index (χ1) is 12.0. The molecule has 0 aliphatic rings. The number of ether oxygens (including phenoxy) is 1. The average Bonchev–Trinajstić information content (AvgIpc) is 3.12. The zero-order chi connectivity index (χ0) is 18.4. The molecular weight excluding hydrogens is 324 g/mol. The van der Waals surface area contributed by atoms with E-state index in [0.29, 0.717) is 11.4 Å². The van der Waals surface area contributed by atoms with E-state index in [9.17, 15) is 14.4 Å². The van der Waals surface area contributed by atoms with Crippen LogP contribution in [0.3, 0.4) is 0 Å². The van der Waals surface area contributed by atoms with Gasteiger partial charge >= 0.3 is 11.7 Å². The molecule has 1 aromatic heterocycles. The minimum Gasteiger partial charge on any atom is -0.467 e. The number of Topliss-reactive ketones (excluding diaryl/α,β-unsaturated/α-hetero) is 1. The minimum atomic E-state index is -0.934. The zero-order valence-electron chi connectivity index (χ0n) is 13.8. The Hall–Kier alpha value is -3.47. The van der Waals surface area contributed by atoms with Crippen LogP contribution in [0.2, 0.25) is 0 Å². The molecule has 25 heavy (non-hydrogen) atoms. The number of hydrogen-bond acceptors (Lipinski definition) is 5. The predicted octanol–water partition coefficient (Wildman–Crippen LogP) is 1.72. The molecule has 1 heterocycles. The van der Waals surface area contributed by atoms with Crippen LogP contribution in [0.5, 0.6) is 0 Å². The summed E-state index contributed by atoms with van der Waals surface area (Å²) in [6, 6.07) is 3.42. The van der Waals surface area contributed by atoms with Gasteiger partial charge in [0.1, 0.15) is 6.04 Å². The van der Waals surface area contributed by atoms with Crippen molar-refractivity contribution in [2.45, 2.75) is 19.4 Å². The van der Waals surface area contributed by atoms with Crippen molar-refractivity contribution in [2.24, 2.45) is 0 Å². The molecule has 1 amide bonds. The Kier molecular flexibility index (Phi) is 5.63. The molecule has 0 unspecified atom stereocenters. The van der Waals surface area contributed by atoms with Crippen molar-refractivity contribution in [2.75, 3.05) is 7.11 Å². The fraction of sp³-hybridized carbons (Fsp3) is 0.235. The van der Waals surface area contributed by atoms with Crippen molar-refractivity contribution in [1.82, 2.24) is 15.3 Å². The number of methoxy groups -OCH3 is 1. The van der Waals surface area contributed by atoms with Gasteiger partial charge in [-0.2, -0.15) is 0 Å². The number of hydrogen-bond donors (Lipinski definition) is 2. The zero-order valence-corrected chi connectivity index (χ0v) is 13.8. The Balaban J connectivity index is 2.27. The third-order valence-electron chi connectivity index (χ3n) is 3.55. The van der Waals surface area contributed by atoms with E-state index in [1.54, 1.807) is 6.20 Å². The van der Waals surface area contributed by atoms with E-state index in [1.165, 1.54) is 38.6 Å². The molecule has 1 atom stereocenters. The molecule has 0 bridgehead atoms. The maximum atomic E-state index is 12.6. The van der Waals surface area contributed by atoms with E-state index < -0.39 is 17.9 Å². The van der Waals surface area contributed by atoms with Gasteiger partial charge in [-0.1, -0.05) is 0 Å². The number of imidazole rings is 1. The molecule has 2 rings (SSSR count). The van der Waals surface area contributed by atoms with Crippen LogP contribution in [0.1, 0.15) is 33.3 Å². The van der Waals surface area contributed by atoms with Crippen molar-refractivity contribution in [3.63, 3.8) is 0 Å². The number of aromatic nitrogens is 2. The van der Waals surface area contributed by atoms with Gasteiger partial charge in [0.25, 0.3) is 12.5 Å². The number of nitrogens with one attached hydrogen (secondary N) is 2. The van der Waals surface area contributed by atoms with Crippen LogP contribution in [0.15, 0.2) is 30.7 Å². The van der Waals surface area contributed by atoms with Crippen LogP contribution >= 0.6 is 0 Å². The maximum Gasteiger partial charge on any atom is 0.340 e. The summed E-state index contributed by atoms with van der Waals surface area (Å²) in [5.41, 5.74) is 1.30. The van der Waals surface area contributed by atoms with E-state index in [0.717, 1.165) is 0 Å². The lowest BCUT2D eigenvalue weighted by Gasteiger charge is -2.16. The molecule has 1 aromatic carbocycles. The van der Waals surface area contributed by atoms with Gasteiger partial charge in [-0.05, 0) is 17.8 Å². The van der Waals surface area contributed by atoms with E-state index in [2.05, 4.69) is 20.1 Å². The molecule has 0 aliphatic heterocycles. The summed E-state index contributed by atoms with van der Waals surface area (Å²) in [6.07, 6.45) is 3.18. The van der Waals surface area contributed by atoms with E-state index in [-0.39, 0.29) is 23.3 Å². The first kappa shape index (κ1) is 17.9. The smallest absolute Gasteiger partial charge is 0.340 e. The van der Waals surface area contributed by atoms with Gasteiger partial charge in [0, 0.05) is 36.0 Å². The Morgan fingerprint density at radius 3 is 2.68 bits per heavy atom. The normalized spacial score (nSPS) is 11.2. The van der Waals surface area contributed by atoms with Crippen LogP contribution in [0, 0.1) is 6.57 Å². The van der Waals surface area contributed by atoms with Crippen LogP contribution in [0.25, 0.3) is 4.85 Å². The van der Waals surface area contributed by atoms with Crippen LogP contribution in [-0.4, -0.2) is 40.8 Å². The Labute approximate surface area is 144 Å². The van der Waals surface area contributed by atoms with Crippen LogP contribution in [-0.2, 0) is 16.0 Å². The molecule has 0 fully saturated rings. The number of esters is 1. The quantitative estimate of drug-likeness (QED) is 0.615. The average molecular weight is 341 g/mol. The minimum absolute atomic E-state index is 0.124. The number of nitrogens with zero attached hydrogens (tertiary/aromatic N) is 2. The van der Waals surface area contributed by atoms with E-state index in [1.807, 2.05) is 0 Å². The number of ketones is 1. The molecule has 0 saturated carbocycles. The van der Waals surface area contributed by atoms with Crippen molar-refractivity contribution in [3.8, 4) is 6.57 Å².